The van der Waals surface area contributed by atoms with Crippen molar-refractivity contribution < 1.29 is 0 Å². The van der Waals surface area contributed by atoms with E-state index < -0.39 is 5.41 Å². The van der Waals surface area contributed by atoms with Gasteiger partial charge in [-0.05, 0) is 92.0 Å². The molecule has 1 spiro atoms. The van der Waals surface area contributed by atoms with Crippen LogP contribution in [0.1, 0.15) is 47.2 Å². The van der Waals surface area contributed by atoms with Crippen molar-refractivity contribution in [2.24, 2.45) is 0 Å². The minimum atomic E-state index is -0.416. The van der Waals surface area contributed by atoms with Crippen LogP contribution in [0, 0.1) is 0 Å². The second kappa shape index (κ2) is 13.6. The van der Waals surface area contributed by atoms with Gasteiger partial charge in [-0.3, -0.25) is 4.90 Å². The molecule has 1 aliphatic heterocycles. The van der Waals surface area contributed by atoms with Gasteiger partial charge in [0.05, 0.1) is 39.2 Å². The zero-order chi connectivity index (χ0) is 43.7. The quantitative estimate of drug-likeness (QED) is 0.177. The summed E-state index contributed by atoms with van der Waals surface area (Å²) >= 11 is 0. The first-order chi connectivity index (χ1) is 32.5. The predicted octanol–water partition coefficient (Wildman–Crippen LogP) is 15.4. The summed E-state index contributed by atoms with van der Waals surface area (Å²) in [6, 6.07) is 79.8. The molecule has 9 aromatic carbocycles. The van der Waals surface area contributed by atoms with E-state index in [2.05, 4.69) is 242 Å². The summed E-state index contributed by atoms with van der Waals surface area (Å²) in [6.07, 6.45) is 0. The van der Waals surface area contributed by atoms with E-state index >= 15 is 0 Å². The standard InChI is InChI=1S/C62H42N4/c1-61(2)52-30-16-18-32-57(52)66(59-53(61)36-34-46-45-26-12-17-31-56(45)65(58(46)59)41-21-7-4-8-22-41)60-63-54(39-19-5-3-6-20-39)38-55(64-60)40-33-35-51-47(37-40)44-25-11-15-29-50(44)62(51)48-27-13-9-23-42(48)43-24-10-14-28-49(43)62/h3-38H,1-2H3. The fourth-order valence-corrected chi connectivity index (χ4v) is 12.0. The minimum Gasteiger partial charge on any atom is -0.307 e. The topological polar surface area (TPSA) is 34.0 Å². The van der Waals surface area contributed by atoms with Crippen molar-refractivity contribution in [3.8, 4) is 50.5 Å². The molecule has 4 heteroatoms. The van der Waals surface area contributed by atoms with Crippen molar-refractivity contribution >= 4 is 39.1 Å². The Morgan fingerprint density at radius 3 is 1.62 bits per heavy atom. The van der Waals surface area contributed by atoms with E-state index in [0.717, 1.165) is 50.6 Å². The van der Waals surface area contributed by atoms with E-state index in [9.17, 15) is 0 Å². The lowest BCUT2D eigenvalue weighted by Crippen LogP contribution is -2.32. The Balaban J connectivity index is 1.05. The van der Waals surface area contributed by atoms with Gasteiger partial charge in [0.2, 0.25) is 5.95 Å². The van der Waals surface area contributed by atoms with E-state index in [1.54, 1.807) is 0 Å². The van der Waals surface area contributed by atoms with Crippen LogP contribution in [-0.4, -0.2) is 14.5 Å². The van der Waals surface area contributed by atoms with Gasteiger partial charge in [0, 0.05) is 33.0 Å². The van der Waals surface area contributed by atoms with Gasteiger partial charge < -0.3 is 4.57 Å². The summed E-state index contributed by atoms with van der Waals surface area (Å²) in [5, 5.41) is 2.40. The number of nitrogens with zero attached hydrogens (tertiary/aromatic N) is 4. The molecule has 0 saturated heterocycles. The molecular formula is C62H42N4. The Hall–Kier alpha value is -8.34. The summed E-state index contributed by atoms with van der Waals surface area (Å²) in [4.78, 5) is 13.7. The van der Waals surface area contributed by atoms with Gasteiger partial charge in [0.25, 0.3) is 0 Å². The molecule has 0 fully saturated rings. The zero-order valence-corrected chi connectivity index (χ0v) is 36.6. The first kappa shape index (κ1) is 37.1. The highest BCUT2D eigenvalue weighted by atomic mass is 15.3. The van der Waals surface area contributed by atoms with Gasteiger partial charge in [0.15, 0.2) is 0 Å². The van der Waals surface area contributed by atoms with Gasteiger partial charge >= 0.3 is 0 Å². The lowest BCUT2D eigenvalue weighted by molar-refractivity contribution is 0.631. The number of fused-ring (bicyclic) bond motifs is 16. The molecule has 11 aromatic rings. The Morgan fingerprint density at radius 1 is 0.394 bits per heavy atom. The molecule has 0 radical (unpaired) electrons. The highest BCUT2D eigenvalue weighted by molar-refractivity contribution is 6.16. The van der Waals surface area contributed by atoms with E-state index in [1.807, 2.05) is 0 Å². The molecule has 4 nitrogen and oxygen atoms in total. The molecule has 3 heterocycles. The third-order valence-corrected chi connectivity index (χ3v) is 14.8. The van der Waals surface area contributed by atoms with Gasteiger partial charge in [-0.15, -0.1) is 0 Å². The van der Waals surface area contributed by atoms with Crippen molar-refractivity contribution in [1.82, 2.24) is 14.5 Å². The average Bonchev–Trinajstić information content (AvgIpc) is 3.99. The predicted molar refractivity (Wildman–Crippen MR) is 270 cm³/mol. The molecule has 0 saturated carbocycles. The van der Waals surface area contributed by atoms with Crippen LogP contribution in [0.5, 0.6) is 0 Å². The van der Waals surface area contributed by atoms with Crippen LogP contribution < -0.4 is 4.90 Å². The fraction of sp³-hybridized carbons (Fsp3) is 0.0645. The number of hydrogen-bond acceptors (Lipinski definition) is 3. The summed E-state index contributed by atoms with van der Waals surface area (Å²) in [5.74, 6) is 0.629. The number of aromatic nitrogens is 3. The summed E-state index contributed by atoms with van der Waals surface area (Å²) in [6.45, 7) is 4.71. The monoisotopic (exact) mass is 842 g/mol. The van der Waals surface area contributed by atoms with Crippen LogP contribution >= 0.6 is 0 Å². The lowest BCUT2D eigenvalue weighted by Gasteiger charge is -2.41. The largest absolute Gasteiger partial charge is 0.307 e. The first-order valence-corrected chi connectivity index (χ1v) is 22.9. The van der Waals surface area contributed by atoms with Gasteiger partial charge in [0.1, 0.15) is 0 Å². The van der Waals surface area contributed by atoms with Crippen molar-refractivity contribution in [3.05, 3.63) is 252 Å². The molecule has 0 atom stereocenters. The van der Waals surface area contributed by atoms with Gasteiger partial charge in [-0.1, -0.05) is 196 Å². The third kappa shape index (κ3) is 4.88. The van der Waals surface area contributed by atoms with Crippen molar-refractivity contribution in [1.29, 1.82) is 0 Å². The average molecular weight is 843 g/mol. The second-order valence-electron chi connectivity index (χ2n) is 18.5. The number of para-hydroxylation sites is 3. The zero-order valence-electron chi connectivity index (χ0n) is 36.6. The Bertz CT molecular complexity index is 3760. The fourth-order valence-electron chi connectivity index (χ4n) is 12.0. The maximum Gasteiger partial charge on any atom is 0.235 e. The van der Waals surface area contributed by atoms with Crippen molar-refractivity contribution in [2.45, 2.75) is 24.7 Å². The highest BCUT2D eigenvalue weighted by Crippen LogP contribution is 2.63. The normalized spacial score (nSPS) is 14.4. The SMILES string of the molecule is CC1(C)c2ccccc2N(c2nc(-c3ccccc3)cc(-c3ccc4c(c3)-c3ccccc3C43c4ccccc4-c4ccccc43)n2)c2c1ccc1c3ccccc3n(-c3ccccc3)c21. The molecule has 14 rings (SSSR count). The maximum absolute atomic E-state index is 5.71. The second-order valence-corrected chi connectivity index (χ2v) is 18.5. The Kier molecular flexibility index (Phi) is 7.63. The maximum atomic E-state index is 5.71. The molecule has 0 amide bonds. The number of anilines is 3. The molecule has 2 aliphatic carbocycles. The van der Waals surface area contributed by atoms with Crippen LogP contribution in [0.4, 0.5) is 17.3 Å². The van der Waals surface area contributed by atoms with E-state index in [4.69, 9.17) is 9.97 Å². The van der Waals surface area contributed by atoms with Crippen LogP contribution in [0.3, 0.4) is 0 Å². The minimum absolute atomic E-state index is 0.324. The molecule has 66 heavy (non-hydrogen) atoms. The van der Waals surface area contributed by atoms with Crippen LogP contribution in [0.2, 0.25) is 0 Å². The first-order valence-electron chi connectivity index (χ1n) is 22.9. The lowest BCUT2D eigenvalue weighted by atomic mass is 9.70. The van der Waals surface area contributed by atoms with Crippen LogP contribution in [0.25, 0.3) is 72.3 Å². The Labute approximate surface area is 383 Å². The molecule has 310 valence electrons. The molecule has 0 N–H and O–H groups in total. The number of benzene rings is 9. The van der Waals surface area contributed by atoms with E-state index in [0.29, 0.717) is 5.95 Å². The van der Waals surface area contributed by atoms with Crippen molar-refractivity contribution in [3.63, 3.8) is 0 Å². The van der Waals surface area contributed by atoms with Gasteiger partial charge in [-0.25, -0.2) is 9.97 Å². The van der Waals surface area contributed by atoms with Crippen LogP contribution in [0.15, 0.2) is 218 Å². The number of rotatable bonds is 4. The summed E-state index contributed by atoms with van der Waals surface area (Å²) in [5.41, 5.74) is 21.5. The highest BCUT2D eigenvalue weighted by Gasteiger charge is 2.51. The third-order valence-electron chi connectivity index (χ3n) is 14.8. The Morgan fingerprint density at radius 2 is 0.924 bits per heavy atom. The number of hydrogen-bond donors (Lipinski definition) is 0. The smallest absolute Gasteiger partial charge is 0.235 e. The summed E-state index contributed by atoms with van der Waals surface area (Å²) < 4.78 is 2.44. The summed E-state index contributed by atoms with van der Waals surface area (Å²) in [7, 11) is 0. The van der Waals surface area contributed by atoms with Crippen molar-refractivity contribution in [2.75, 3.05) is 4.90 Å². The molecule has 0 unspecified atom stereocenters. The molecular weight excluding hydrogens is 801 g/mol. The van der Waals surface area contributed by atoms with Crippen LogP contribution in [-0.2, 0) is 10.8 Å². The van der Waals surface area contributed by atoms with E-state index in [1.165, 1.54) is 66.4 Å². The molecule has 3 aliphatic rings. The molecule has 0 bridgehead atoms. The molecule has 2 aromatic heterocycles. The van der Waals surface area contributed by atoms with E-state index in [-0.39, 0.29) is 5.41 Å². The van der Waals surface area contributed by atoms with Gasteiger partial charge in [-0.2, -0.15) is 0 Å².